The normalized spacial score (nSPS) is 29.6. The second-order valence-corrected chi connectivity index (χ2v) is 11.0. The molecule has 3 fully saturated rings. The summed E-state index contributed by atoms with van der Waals surface area (Å²) in [6, 6.07) is 18.9. The van der Waals surface area contributed by atoms with E-state index in [-0.39, 0.29) is 47.9 Å². The van der Waals surface area contributed by atoms with Gasteiger partial charge in [0.2, 0.25) is 11.8 Å². The second kappa shape index (κ2) is 8.21. The molecule has 1 aliphatic carbocycles. The number of fused-ring (bicyclic) bond motifs is 2. The summed E-state index contributed by atoms with van der Waals surface area (Å²) in [5, 5.41) is 0. The molecule has 1 aromatic heterocycles. The Kier molecular flexibility index (Phi) is 5.24. The Bertz CT molecular complexity index is 1280. The highest BCUT2D eigenvalue weighted by Crippen LogP contribution is 2.56. The van der Waals surface area contributed by atoms with Gasteiger partial charge in [0.15, 0.2) is 0 Å². The molecule has 0 spiro atoms. The van der Waals surface area contributed by atoms with E-state index in [1.807, 2.05) is 37.3 Å². The molecule has 35 heavy (non-hydrogen) atoms. The molecule has 0 N–H and O–H groups in total. The van der Waals surface area contributed by atoms with Crippen LogP contribution in [-0.4, -0.2) is 55.3 Å². The van der Waals surface area contributed by atoms with Crippen LogP contribution in [-0.2, 0) is 22.6 Å². The predicted octanol–water partition coefficient (Wildman–Crippen LogP) is 4.35. The molecule has 6 rings (SSSR count). The molecule has 0 radical (unpaired) electrons. The second-order valence-electron chi connectivity index (χ2n) is 11.0. The van der Waals surface area contributed by atoms with Gasteiger partial charge in [-0.2, -0.15) is 0 Å². The van der Waals surface area contributed by atoms with E-state index in [0.717, 1.165) is 49.0 Å². The lowest BCUT2D eigenvalue weighted by molar-refractivity contribution is -0.146. The van der Waals surface area contributed by atoms with Crippen molar-refractivity contribution in [3.8, 4) is 0 Å². The van der Waals surface area contributed by atoms with Crippen molar-refractivity contribution in [2.45, 2.75) is 83.6 Å². The van der Waals surface area contributed by atoms with E-state index < -0.39 is 0 Å². The van der Waals surface area contributed by atoms with Crippen molar-refractivity contribution in [3.63, 3.8) is 0 Å². The third-order valence-electron chi connectivity index (χ3n) is 9.03. The van der Waals surface area contributed by atoms with Crippen LogP contribution in [0.3, 0.4) is 0 Å². The number of carbonyl (C=O) groups is 2. The van der Waals surface area contributed by atoms with Crippen LogP contribution in [0.2, 0.25) is 0 Å². The molecule has 3 aromatic rings. The number of aromatic nitrogens is 2. The van der Waals surface area contributed by atoms with Crippen molar-refractivity contribution in [1.29, 1.82) is 0 Å². The van der Waals surface area contributed by atoms with Gasteiger partial charge in [-0.1, -0.05) is 49.4 Å². The van der Waals surface area contributed by atoms with Crippen molar-refractivity contribution >= 4 is 22.8 Å². The number of amides is 2. The zero-order valence-corrected chi connectivity index (χ0v) is 20.9. The molecular weight excluding hydrogens is 436 g/mol. The van der Waals surface area contributed by atoms with Gasteiger partial charge in [0.05, 0.1) is 23.1 Å². The Morgan fingerprint density at radius 2 is 1.69 bits per heavy atom. The van der Waals surface area contributed by atoms with E-state index in [9.17, 15) is 9.59 Å². The Morgan fingerprint density at radius 3 is 2.43 bits per heavy atom. The summed E-state index contributed by atoms with van der Waals surface area (Å²) in [6.07, 6.45) is 4.84. The molecule has 182 valence electrons. The average Bonchev–Trinajstić information content (AvgIpc) is 3.33. The van der Waals surface area contributed by atoms with Gasteiger partial charge < -0.3 is 14.4 Å². The van der Waals surface area contributed by atoms with E-state index in [1.54, 1.807) is 6.92 Å². The van der Waals surface area contributed by atoms with E-state index >= 15 is 0 Å². The number of nitrogens with zero attached hydrogens (tertiary/aromatic N) is 4. The van der Waals surface area contributed by atoms with Crippen LogP contribution >= 0.6 is 0 Å². The number of piperidine rings is 1. The minimum atomic E-state index is -0.0521. The number of imidazole rings is 1. The van der Waals surface area contributed by atoms with Crippen LogP contribution in [0.5, 0.6) is 0 Å². The number of likely N-dealkylation sites (tertiary alicyclic amines) is 2. The number of benzene rings is 2. The first-order chi connectivity index (χ1) is 16.9. The van der Waals surface area contributed by atoms with Crippen LogP contribution in [0.25, 0.3) is 11.0 Å². The van der Waals surface area contributed by atoms with Crippen molar-refractivity contribution in [2.75, 3.05) is 0 Å². The lowest BCUT2D eigenvalue weighted by atomic mass is 9.64. The van der Waals surface area contributed by atoms with E-state index in [1.165, 1.54) is 5.56 Å². The largest absolute Gasteiger partial charge is 0.334 e. The Labute approximate surface area is 206 Å². The maximum absolute atomic E-state index is 14.3. The van der Waals surface area contributed by atoms with Crippen LogP contribution in [0.1, 0.15) is 50.9 Å². The van der Waals surface area contributed by atoms with Gasteiger partial charge in [-0.05, 0) is 56.7 Å². The molecule has 3 heterocycles. The number of hydrogen-bond acceptors (Lipinski definition) is 3. The van der Waals surface area contributed by atoms with Gasteiger partial charge in [0, 0.05) is 24.4 Å². The summed E-state index contributed by atoms with van der Waals surface area (Å²) in [5.41, 5.74) is 3.08. The highest BCUT2D eigenvalue weighted by Gasteiger charge is 2.64. The average molecular weight is 471 g/mol. The smallest absolute Gasteiger partial charge is 0.243 e. The van der Waals surface area contributed by atoms with Gasteiger partial charge in [-0.15, -0.1) is 0 Å². The summed E-state index contributed by atoms with van der Waals surface area (Å²) in [5.74, 6) is 1.15. The standard InChI is InChI=1S/C29H34N4O2/c1-19-30-22-12-7-8-13-23(22)31(19)18-28(35)33-24(16-21-10-5-4-6-11-21)25-17-29(3)26(32(25)20(2)34)14-9-15-27(29)33/h4-8,10-13,24-27H,9,14-18H2,1-3H3/t24-,25-,26-,27+,29-/m0/s1. The molecule has 2 aromatic carbocycles. The lowest BCUT2D eigenvalue weighted by Crippen LogP contribution is -2.63. The Balaban J connectivity index is 1.42. The number of para-hydroxylation sites is 2. The molecule has 2 aliphatic heterocycles. The molecule has 1 saturated carbocycles. The van der Waals surface area contributed by atoms with Crippen LogP contribution in [0.4, 0.5) is 0 Å². The molecule has 0 unspecified atom stereocenters. The van der Waals surface area contributed by atoms with E-state index in [0.29, 0.717) is 0 Å². The Hall–Kier alpha value is -3.15. The third kappa shape index (κ3) is 3.40. The van der Waals surface area contributed by atoms with Crippen molar-refractivity contribution in [2.24, 2.45) is 5.41 Å². The fourth-order valence-corrected chi connectivity index (χ4v) is 7.60. The SMILES string of the molecule is CC(=O)N1[C@H]2CCC[C@H]3N(C(=O)Cn4c(C)nc5ccccc54)[C@@H](Cc4ccccc4)[C@@H]1C[C@@]23C. The number of carbonyl (C=O) groups excluding carboxylic acids is 2. The minimum absolute atomic E-state index is 0.0231. The monoisotopic (exact) mass is 470 g/mol. The highest BCUT2D eigenvalue weighted by atomic mass is 16.2. The number of rotatable bonds is 4. The first kappa shape index (κ1) is 22.3. The lowest BCUT2D eigenvalue weighted by Gasteiger charge is -2.53. The molecule has 5 atom stereocenters. The highest BCUT2D eigenvalue weighted by molar-refractivity contribution is 5.82. The molecule has 2 bridgehead atoms. The summed E-state index contributed by atoms with van der Waals surface area (Å²) < 4.78 is 2.05. The number of aryl methyl sites for hydroxylation is 1. The molecule has 6 heteroatoms. The van der Waals surface area contributed by atoms with E-state index in [4.69, 9.17) is 4.98 Å². The summed E-state index contributed by atoms with van der Waals surface area (Å²) in [7, 11) is 0. The van der Waals surface area contributed by atoms with Gasteiger partial charge >= 0.3 is 0 Å². The van der Waals surface area contributed by atoms with Crippen molar-refractivity contribution in [1.82, 2.24) is 19.4 Å². The van der Waals surface area contributed by atoms with Gasteiger partial charge in [0.1, 0.15) is 12.4 Å². The molecule has 3 aliphatic rings. The zero-order chi connectivity index (χ0) is 24.3. The van der Waals surface area contributed by atoms with E-state index in [2.05, 4.69) is 45.6 Å². The molecule has 2 amide bonds. The first-order valence-corrected chi connectivity index (χ1v) is 12.9. The fraction of sp³-hybridized carbons (Fsp3) is 0.483. The first-order valence-electron chi connectivity index (χ1n) is 12.9. The minimum Gasteiger partial charge on any atom is -0.334 e. The van der Waals surface area contributed by atoms with Crippen molar-refractivity contribution in [3.05, 3.63) is 66.0 Å². The van der Waals surface area contributed by atoms with Crippen molar-refractivity contribution < 1.29 is 9.59 Å². The summed E-state index contributed by atoms with van der Waals surface area (Å²) in [4.78, 5) is 36.3. The third-order valence-corrected chi connectivity index (χ3v) is 9.03. The van der Waals surface area contributed by atoms with Crippen LogP contribution in [0.15, 0.2) is 54.6 Å². The molecule has 6 nitrogen and oxygen atoms in total. The van der Waals surface area contributed by atoms with Crippen LogP contribution < -0.4 is 0 Å². The van der Waals surface area contributed by atoms with Crippen LogP contribution in [0, 0.1) is 12.3 Å². The molecular formula is C29H34N4O2. The fourth-order valence-electron chi connectivity index (χ4n) is 7.60. The number of hydrogen-bond donors (Lipinski definition) is 0. The summed E-state index contributed by atoms with van der Waals surface area (Å²) in [6.45, 7) is 6.29. The quantitative estimate of drug-likeness (QED) is 0.570. The van der Waals surface area contributed by atoms with Gasteiger partial charge in [-0.3, -0.25) is 9.59 Å². The Morgan fingerprint density at radius 1 is 1.00 bits per heavy atom. The van der Waals surface area contributed by atoms with Gasteiger partial charge in [0.25, 0.3) is 0 Å². The zero-order valence-electron chi connectivity index (χ0n) is 20.9. The maximum atomic E-state index is 14.3. The molecule has 2 saturated heterocycles. The predicted molar refractivity (Wildman–Crippen MR) is 136 cm³/mol. The maximum Gasteiger partial charge on any atom is 0.243 e. The summed E-state index contributed by atoms with van der Waals surface area (Å²) >= 11 is 0. The topological polar surface area (TPSA) is 58.4 Å². The van der Waals surface area contributed by atoms with Gasteiger partial charge in [-0.25, -0.2) is 4.98 Å².